The van der Waals surface area contributed by atoms with Gasteiger partial charge in [-0.25, -0.2) is 9.97 Å². The second-order valence-electron chi connectivity index (χ2n) is 6.51. The zero-order valence-electron chi connectivity index (χ0n) is 15.0. The molecule has 1 aliphatic rings. The van der Waals surface area contributed by atoms with Crippen molar-refractivity contribution in [2.75, 3.05) is 43.1 Å². The van der Waals surface area contributed by atoms with Gasteiger partial charge in [-0.2, -0.15) is 0 Å². The highest BCUT2D eigenvalue weighted by Gasteiger charge is 2.23. The summed E-state index contributed by atoms with van der Waals surface area (Å²) < 4.78 is 7.43. The molecule has 144 valence electrons. The Morgan fingerprint density at radius 3 is 2.25 bits per heavy atom. The Kier molecular flexibility index (Phi) is 4.71. The number of rotatable bonds is 3. The van der Waals surface area contributed by atoms with E-state index in [9.17, 15) is 0 Å². The van der Waals surface area contributed by atoms with Crippen LogP contribution in [0.3, 0.4) is 0 Å². The Labute approximate surface area is 180 Å². The smallest absolute Gasteiger partial charge is 0.186 e. The lowest BCUT2D eigenvalue weighted by molar-refractivity contribution is 0.415. The largest absolute Gasteiger partial charge is 0.497 e. The molecule has 0 spiro atoms. The van der Waals surface area contributed by atoms with Crippen molar-refractivity contribution in [2.45, 2.75) is 0 Å². The molecule has 0 atom stereocenters. The molecule has 0 bridgehead atoms. The summed E-state index contributed by atoms with van der Waals surface area (Å²) in [7, 11) is 1.68. The second-order valence-corrected chi connectivity index (χ2v) is 9.31. The number of benzene rings is 2. The monoisotopic (exact) mass is 450 g/mol. The van der Waals surface area contributed by atoms with Crippen LogP contribution in [0.4, 0.5) is 10.3 Å². The van der Waals surface area contributed by atoms with E-state index in [0.717, 1.165) is 57.9 Å². The number of hydrogen-bond donors (Lipinski definition) is 0. The number of thiazole rings is 2. The molecule has 1 fully saturated rings. The molecule has 28 heavy (non-hydrogen) atoms. The van der Waals surface area contributed by atoms with Crippen molar-refractivity contribution in [3.63, 3.8) is 0 Å². The number of anilines is 2. The lowest BCUT2D eigenvalue weighted by Gasteiger charge is -2.34. The fourth-order valence-electron chi connectivity index (χ4n) is 3.32. The van der Waals surface area contributed by atoms with Crippen LogP contribution in [0.25, 0.3) is 20.4 Å². The third-order valence-electron chi connectivity index (χ3n) is 4.84. The maximum Gasteiger partial charge on any atom is 0.186 e. The zero-order valence-corrected chi connectivity index (χ0v) is 18.1. The minimum atomic E-state index is 0.644. The van der Waals surface area contributed by atoms with Gasteiger partial charge in [-0.1, -0.05) is 45.9 Å². The summed E-state index contributed by atoms with van der Waals surface area (Å²) in [5.41, 5.74) is 1.77. The lowest BCUT2D eigenvalue weighted by atomic mass is 10.3. The second kappa shape index (κ2) is 7.22. The van der Waals surface area contributed by atoms with Gasteiger partial charge in [0.25, 0.3) is 0 Å². The highest BCUT2D eigenvalue weighted by Crippen LogP contribution is 2.38. The predicted molar refractivity (Wildman–Crippen MR) is 120 cm³/mol. The highest BCUT2D eigenvalue weighted by atomic mass is 35.5. The normalized spacial score (nSPS) is 15.0. The van der Waals surface area contributed by atoms with Crippen LogP contribution in [0, 0.1) is 0 Å². The number of fused-ring (bicyclic) bond motifs is 2. The van der Waals surface area contributed by atoms with E-state index in [1.807, 2.05) is 18.2 Å². The zero-order chi connectivity index (χ0) is 19.3. The van der Waals surface area contributed by atoms with Crippen LogP contribution >= 0.6 is 45.9 Å². The molecule has 5 rings (SSSR count). The molecule has 0 unspecified atom stereocenters. The minimum absolute atomic E-state index is 0.644. The van der Waals surface area contributed by atoms with Gasteiger partial charge < -0.3 is 14.5 Å². The van der Waals surface area contributed by atoms with E-state index in [0.29, 0.717) is 10.0 Å². The van der Waals surface area contributed by atoms with Crippen LogP contribution in [0.15, 0.2) is 30.3 Å². The summed E-state index contributed by atoms with van der Waals surface area (Å²) in [5.74, 6) is 0.835. The van der Waals surface area contributed by atoms with E-state index >= 15 is 0 Å². The van der Waals surface area contributed by atoms with E-state index in [1.54, 1.807) is 35.8 Å². The molecule has 4 aromatic rings. The average Bonchev–Trinajstić information content (AvgIpc) is 3.35. The standard InChI is InChI=1S/C19H16Cl2N4OS2/c1-26-11-2-5-15-14(10-11)22-18(27-15)24-6-8-25(9-7-24)19-23-16-12(20)3-4-13(21)17(16)28-19/h2-5,10H,6-9H2,1H3. The molecule has 3 heterocycles. The molecule has 0 radical (unpaired) electrons. The number of aromatic nitrogens is 2. The molecule has 2 aromatic carbocycles. The van der Waals surface area contributed by atoms with Gasteiger partial charge in [0.15, 0.2) is 10.3 Å². The number of piperazine rings is 1. The summed E-state index contributed by atoms with van der Waals surface area (Å²) in [5, 5.41) is 3.37. The first-order chi connectivity index (χ1) is 13.6. The molecule has 0 N–H and O–H groups in total. The van der Waals surface area contributed by atoms with Crippen molar-refractivity contribution < 1.29 is 4.74 Å². The van der Waals surface area contributed by atoms with E-state index in [2.05, 4.69) is 15.9 Å². The van der Waals surface area contributed by atoms with Crippen molar-refractivity contribution in [2.24, 2.45) is 0 Å². The molecule has 5 nitrogen and oxygen atoms in total. The number of nitrogens with zero attached hydrogens (tertiary/aromatic N) is 4. The van der Waals surface area contributed by atoms with E-state index in [-0.39, 0.29) is 0 Å². The minimum Gasteiger partial charge on any atom is -0.497 e. The summed E-state index contributed by atoms with van der Waals surface area (Å²) in [6.45, 7) is 3.56. The van der Waals surface area contributed by atoms with Gasteiger partial charge in [0.1, 0.15) is 11.3 Å². The maximum absolute atomic E-state index is 6.31. The van der Waals surface area contributed by atoms with Gasteiger partial charge in [-0.3, -0.25) is 0 Å². The SMILES string of the molecule is COc1ccc2sc(N3CCN(c4nc5c(Cl)ccc(Cl)c5s4)CC3)nc2c1. The van der Waals surface area contributed by atoms with Crippen molar-refractivity contribution in [3.05, 3.63) is 40.4 Å². The molecule has 9 heteroatoms. The Balaban J connectivity index is 1.35. The maximum atomic E-state index is 6.31. The number of halogens is 2. The van der Waals surface area contributed by atoms with Gasteiger partial charge in [-0.05, 0) is 24.3 Å². The first-order valence-electron chi connectivity index (χ1n) is 8.81. The first kappa shape index (κ1) is 18.2. The van der Waals surface area contributed by atoms with Crippen LogP contribution < -0.4 is 14.5 Å². The molecule has 1 aliphatic heterocycles. The van der Waals surface area contributed by atoms with E-state index < -0.39 is 0 Å². The molecular formula is C19H16Cl2N4OS2. The van der Waals surface area contributed by atoms with E-state index in [1.165, 1.54) is 4.70 Å². The van der Waals surface area contributed by atoms with Crippen LogP contribution in [-0.4, -0.2) is 43.3 Å². The van der Waals surface area contributed by atoms with Crippen molar-refractivity contribution in [3.8, 4) is 5.75 Å². The predicted octanol–water partition coefficient (Wildman–Crippen LogP) is 5.55. The van der Waals surface area contributed by atoms with Gasteiger partial charge >= 0.3 is 0 Å². The van der Waals surface area contributed by atoms with Gasteiger partial charge in [-0.15, -0.1) is 0 Å². The summed E-state index contributed by atoms with van der Waals surface area (Å²) >= 11 is 15.9. The molecule has 2 aromatic heterocycles. The molecule has 0 amide bonds. The first-order valence-corrected chi connectivity index (χ1v) is 11.2. The number of ether oxygens (including phenoxy) is 1. The third-order valence-corrected chi connectivity index (χ3v) is 7.82. The van der Waals surface area contributed by atoms with Crippen LogP contribution in [0.5, 0.6) is 5.75 Å². The number of methoxy groups -OCH3 is 1. The van der Waals surface area contributed by atoms with Crippen LogP contribution in [0.2, 0.25) is 10.0 Å². The third kappa shape index (κ3) is 3.16. The summed E-state index contributed by atoms with van der Waals surface area (Å²) in [6.07, 6.45) is 0. The van der Waals surface area contributed by atoms with Crippen molar-refractivity contribution in [1.29, 1.82) is 0 Å². The molecule has 1 saturated heterocycles. The van der Waals surface area contributed by atoms with Crippen molar-refractivity contribution >= 4 is 76.6 Å². The fourth-order valence-corrected chi connectivity index (χ4v) is 5.89. The Hall–Kier alpha value is -1.80. The summed E-state index contributed by atoms with van der Waals surface area (Å²) in [4.78, 5) is 14.2. The topological polar surface area (TPSA) is 41.5 Å². The van der Waals surface area contributed by atoms with Crippen molar-refractivity contribution in [1.82, 2.24) is 9.97 Å². The Bertz CT molecular complexity index is 1130. The Morgan fingerprint density at radius 1 is 0.893 bits per heavy atom. The van der Waals surface area contributed by atoms with Gasteiger partial charge in [0, 0.05) is 32.2 Å². The van der Waals surface area contributed by atoms with Crippen LogP contribution in [-0.2, 0) is 0 Å². The molecule has 0 saturated carbocycles. The lowest BCUT2D eigenvalue weighted by Crippen LogP contribution is -2.46. The fraction of sp³-hybridized carbons (Fsp3) is 0.263. The van der Waals surface area contributed by atoms with Gasteiger partial charge in [0.05, 0.1) is 32.1 Å². The van der Waals surface area contributed by atoms with E-state index in [4.69, 9.17) is 37.9 Å². The van der Waals surface area contributed by atoms with Crippen LogP contribution in [0.1, 0.15) is 0 Å². The quantitative estimate of drug-likeness (QED) is 0.409. The highest BCUT2D eigenvalue weighted by molar-refractivity contribution is 7.23. The average molecular weight is 451 g/mol. The summed E-state index contributed by atoms with van der Waals surface area (Å²) in [6, 6.07) is 9.66. The van der Waals surface area contributed by atoms with Gasteiger partial charge in [0.2, 0.25) is 0 Å². The number of hydrogen-bond acceptors (Lipinski definition) is 7. The Morgan fingerprint density at radius 2 is 1.57 bits per heavy atom. The molecular weight excluding hydrogens is 435 g/mol. The molecule has 0 aliphatic carbocycles.